The van der Waals surface area contributed by atoms with Crippen LogP contribution < -0.4 is 10.6 Å². The number of carbonyl (C=O) groups is 2. The molecule has 0 spiro atoms. The maximum Gasteiger partial charge on any atom is 0.259 e. The summed E-state index contributed by atoms with van der Waals surface area (Å²) in [5, 5.41) is 13.8. The Balaban J connectivity index is 1.53. The van der Waals surface area contributed by atoms with Crippen molar-refractivity contribution in [3.8, 4) is 0 Å². The Hall–Kier alpha value is -3.26. The Labute approximate surface area is 171 Å². The molecule has 0 aliphatic carbocycles. The Morgan fingerprint density at radius 2 is 1.79 bits per heavy atom. The second-order valence-corrected chi connectivity index (χ2v) is 7.34. The number of nitrogens with one attached hydrogen (secondary N) is 2. The highest BCUT2D eigenvalue weighted by atomic mass is 32.2. The van der Waals surface area contributed by atoms with Crippen LogP contribution in [0.2, 0.25) is 0 Å². The van der Waals surface area contributed by atoms with Crippen LogP contribution in [-0.4, -0.2) is 27.8 Å². The van der Waals surface area contributed by atoms with Gasteiger partial charge in [0.25, 0.3) is 5.91 Å². The maximum atomic E-state index is 13.6. The van der Waals surface area contributed by atoms with E-state index in [0.29, 0.717) is 5.03 Å². The van der Waals surface area contributed by atoms with E-state index >= 15 is 0 Å². The van der Waals surface area contributed by atoms with E-state index in [0.717, 1.165) is 16.8 Å². The van der Waals surface area contributed by atoms with Gasteiger partial charge in [0, 0.05) is 5.69 Å². The fraction of sp³-hybridized carbons (Fsp3) is 0.143. The zero-order valence-corrected chi connectivity index (χ0v) is 16.7. The molecule has 8 heteroatoms. The molecular formula is C21H19FN4O2S. The Morgan fingerprint density at radius 1 is 1.00 bits per heavy atom. The van der Waals surface area contributed by atoms with E-state index in [9.17, 15) is 14.0 Å². The molecule has 0 radical (unpaired) electrons. The van der Waals surface area contributed by atoms with Crippen molar-refractivity contribution in [2.24, 2.45) is 0 Å². The van der Waals surface area contributed by atoms with Crippen LogP contribution in [0.15, 0.2) is 59.6 Å². The zero-order chi connectivity index (χ0) is 20.8. The lowest BCUT2D eigenvalue weighted by Crippen LogP contribution is -2.16. The van der Waals surface area contributed by atoms with Crippen molar-refractivity contribution in [2.75, 3.05) is 16.4 Å². The van der Waals surface area contributed by atoms with Gasteiger partial charge in [-0.2, -0.15) is 0 Å². The lowest BCUT2D eigenvalue weighted by molar-refractivity contribution is -0.113. The number of carbonyl (C=O) groups excluding carboxylic acids is 2. The van der Waals surface area contributed by atoms with Crippen molar-refractivity contribution in [1.82, 2.24) is 10.2 Å². The van der Waals surface area contributed by atoms with Crippen molar-refractivity contribution >= 4 is 35.1 Å². The summed E-state index contributed by atoms with van der Waals surface area (Å²) >= 11 is 1.22. The van der Waals surface area contributed by atoms with Crippen LogP contribution in [0.4, 0.5) is 15.9 Å². The molecule has 0 atom stereocenters. The Morgan fingerprint density at radius 3 is 2.48 bits per heavy atom. The van der Waals surface area contributed by atoms with Gasteiger partial charge in [-0.3, -0.25) is 9.59 Å². The molecule has 0 saturated carbocycles. The molecule has 0 bridgehead atoms. The van der Waals surface area contributed by atoms with E-state index in [1.165, 1.54) is 30.0 Å². The summed E-state index contributed by atoms with van der Waals surface area (Å²) in [6.45, 7) is 3.94. The lowest BCUT2D eigenvalue weighted by atomic mass is 10.1. The summed E-state index contributed by atoms with van der Waals surface area (Å²) in [6.07, 6.45) is 0. The molecule has 2 N–H and O–H groups in total. The minimum absolute atomic E-state index is 0.0733. The number of aryl methyl sites for hydroxylation is 2. The number of hydrogen-bond acceptors (Lipinski definition) is 5. The number of amides is 2. The third-order valence-corrected chi connectivity index (χ3v) is 4.93. The first-order valence-electron chi connectivity index (χ1n) is 8.82. The van der Waals surface area contributed by atoms with Crippen LogP contribution in [0.25, 0.3) is 0 Å². The topological polar surface area (TPSA) is 84.0 Å². The van der Waals surface area contributed by atoms with E-state index in [4.69, 9.17) is 0 Å². The number of aromatic nitrogens is 2. The van der Waals surface area contributed by atoms with Gasteiger partial charge in [-0.15, -0.1) is 10.2 Å². The van der Waals surface area contributed by atoms with Crippen LogP contribution in [0.3, 0.4) is 0 Å². The first kappa shape index (κ1) is 20.5. The molecule has 6 nitrogen and oxygen atoms in total. The van der Waals surface area contributed by atoms with Gasteiger partial charge in [-0.25, -0.2) is 4.39 Å². The summed E-state index contributed by atoms with van der Waals surface area (Å²) in [4.78, 5) is 24.2. The standard InChI is InChI=1S/C21H19FN4O2S/c1-13-7-8-17(14(2)11-13)23-19(27)12-29-20-10-9-18(25-26-20)24-21(28)15-5-3-4-6-16(15)22/h3-11H,12H2,1-2H3,(H,23,27)(H,24,25,28). The minimum Gasteiger partial charge on any atom is -0.325 e. The molecule has 0 aliphatic rings. The normalized spacial score (nSPS) is 10.4. The third-order valence-electron chi connectivity index (χ3n) is 4.01. The lowest BCUT2D eigenvalue weighted by Gasteiger charge is -2.09. The molecule has 3 rings (SSSR count). The van der Waals surface area contributed by atoms with Gasteiger partial charge >= 0.3 is 0 Å². The number of anilines is 2. The monoisotopic (exact) mass is 410 g/mol. The Bertz CT molecular complexity index is 1040. The largest absolute Gasteiger partial charge is 0.325 e. The molecule has 148 valence electrons. The van der Waals surface area contributed by atoms with Crippen LogP contribution in [0.1, 0.15) is 21.5 Å². The highest BCUT2D eigenvalue weighted by molar-refractivity contribution is 7.99. The van der Waals surface area contributed by atoms with Crippen molar-refractivity contribution in [2.45, 2.75) is 18.9 Å². The molecule has 0 fully saturated rings. The first-order chi connectivity index (χ1) is 13.9. The van der Waals surface area contributed by atoms with E-state index in [-0.39, 0.29) is 23.0 Å². The summed E-state index contributed by atoms with van der Waals surface area (Å²) in [5.41, 5.74) is 2.83. The van der Waals surface area contributed by atoms with Gasteiger partial charge in [0.2, 0.25) is 5.91 Å². The van der Waals surface area contributed by atoms with Gasteiger partial charge in [0.15, 0.2) is 5.82 Å². The van der Waals surface area contributed by atoms with E-state index in [2.05, 4.69) is 20.8 Å². The Kier molecular flexibility index (Phi) is 6.56. The van der Waals surface area contributed by atoms with E-state index in [1.54, 1.807) is 18.2 Å². The van der Waals surface area contributed by atoms with Gasteiger partial charge < -0.3 is 10.6 Å². The molecule has 1 heterocycles. The van der Waals surface area contributed by atoms with Crippen molar-refractivity contribution in [3.63, 3.8) is 0 Å². The average molecular weight is 410 g/mol. The summed E-state index contributed by atoms with van der Waals surface area (Å²) < 4.78 is 13.6. The minimum atomic E-state index is -0.611. The van der Waals surface area contributed by atoms with Crippen molar-refractivity contribution < 1.29 is 14.0 Å². The number of benzene rings is 2. The zero-order valence-electron chi connectivity index (χ0n) is 15.9. The number of rotatable bonds is 6. The SMILES string of the molecule is Cc1ccc(NC(=O)CSc2ccc(NC(=O)c3ccccc3F)nn2)c(C)c1. The van der Waals surface area contributed by atoms with Crippen LogP contribution in [-0.2, 0) is 4.79 Å². The summed E-state index contributed by atoms with van der Waals surface area (Å²) in [5.74, 6) is -1.00. The predicted molar refractivity (Wildman–Crippen MR) is 112 cm³/mol. The number of halogens is 1. The highest BCUT2D eigenvalue weighted by Crippen LogP contribution is 2.19. The fourth-order valence-corrected chi connectivity index (χ4v) is 3.19. The molecule has 0 saturated heterocycles. The molecule has 2 amide bonds. The summed E-state index contributed by atoms with van der Waals surface area (Å²) in [6, 6.07) is 14.7. The van der Waals surface area contributed by atoms with E-state index < -0.39 is 11.7 Å². The van der Waals surface area contributed by atoms with Gasteiger partial charge in [-0.1, -0.05) is 41.6 Å². The smallest absolute Gasteiger partial charge is 0.259 e. The second kappa shape index (κ2) is 9.29. The second-order valence-electron chi connectivity index (χ2n) is 6.35. The number of hydrogen-bond donors (Lipinski definition) is 2. The third kappa shape index (κ3) is 5.61. The molecule has 29 heavy (non-hydrogen) atoms. The van der Waals surface area contributed by atoms with Crippen LogP contribution in [0, 0.1) is 19.7 Å². The van der Waals surface area contributed by atoms with Crippen molar-refractivity contribution in [3.05, 3.63) is 77.1 Å². The molecular weight excluding hydrogens is 391 g/mol. The molecule has 0 unspecified atom stereocenters. The van der Waals surface area contributed by atoms with Crippen LogP contribution >= 0.6 is 11.8 Å². The van der Waals surface area contributed by atoms with Gasteiger partial charge in [0.1, 0.15) is 10.8 Å². The quantitative estimate of drug-likeness (QED) is 0.595. The van der Waals surface area contributed by atoms with E-state index in [1.807, 2.05) is 32.0 Å². The highest BCUT2D eigenvalue weighted by Gasteiger charge is 2.12. The maximum absolute atomic E-state index is 13.6. The molecule has 2 aromatic carbocycles. The molecule has 3 aromatic rings. The number of nitrogens with zero attached hydrogens (tertiary/aromatic N) is 2. The van der Waals surface area contributed by atoms with Crippen LogP contribution in [0.5, 0.6) is 0 Å². The fourth-order valence-electron chi connectivity index (χ4n) is 2.57. The summed E-state index contributed by atoms with van der Waals surface area (Å²) in [7, 11) is 0. The van der Waals surface area contributed by atoms with Gasteiger partial charge in [-0.05, 0) is 49.7 Å². The number of thioether (sulfide) groups is 1. The predicted octanol–water partition coefficient (Wildman–Crippen LogP) is 4.22. The van der Waals surface area contributed by atoms with Crippen molar-refractivity contribution in [1.29, 1.82) is 0 Å². The average Bonchev–Trinajstić information content (AvgIpc) is 2.70. The first-order valence-corrected chi connectivity index (χ1v) is 9.80. The molecule has 1 aromatic heterocycles. The van der Waals surface area contributed by atoms with Gasteiger partial charge in [0.05, 0.1) is 11.3 Å². The molecule has 0 aliphatic heterocycles.